The van der Waals surface area contributed by atoms with Crippen LogP contribution in [0.5, 0.6) is 0 Å². The summed E-state index contributed by atoms with van der Waals surface area (Å²) in [7, 11) is 1.84. The standard InChI is InChI=1S/C21H23Cl2N5O2S/c1-26-19-7-6-16(27(11-9-22)12-10-23)14-18(19)25-21(26)28(30)31-17-4-2-3-15(13-17)5-8-20(24)29/h2-8,13,18H,9-12,14H2,1H3,(H-,24,29)/p+1. The molecule has 1 aliphatic carbocycles. The molecule has 0 fully saturated rings. The van der Waals surface area contributed by atoms with Crippen molar-refractivity contribution in [1.82, 2.24) is 9.80 Å². The van der Waals surface area contributed by atoms with Crippen LogP contribution >= 0.6 is 35.1 Å². The van der Waals surface area contributed by atoms with Gasteiger partial charge in [-0.15, -0.1) is 23.2 Å². The first kappa shape index (κ1) is 23.4. The maximum absolute atomic E-state index is 12.9. The van der Waals surface area contributed by atoms with Crippen molar-refractivity contribution in [2.75, 3.05) is 31.9 Å². The van der Waals surface area contributed by atoms with Crippen molar-refractivity contribution < 1.29 is 8.96 Å². The summed E-state index contributed by atoms with van der Waals surface area (Å²) in [4.78, 5) is 33.2. The molecular formula is C21H24Cl2N5O2S+. The molecule has 0 aromatic heterocycles. The Morgan fingerprint density at radius 3 is 2.77 bits per heavy atom. The second kappa shape index (κ2) is 10.8. The van der Waals surface area contributed by atoms with Crippen LogP contribution < -0.4 is 5.73 Å². The summed E-state index contributed by atoms with van der Waals surface area (Å²) in [6, 6.07) is 7.17. The molecule has 1 aromatic rings. The first-order chi connectivity index (χ1) is 14.9. The molecule has 3 rings (SSSR count). The maximum Gasteiger partial charge on any atom is 0.442 e. The number of likely N-dealkylation sites (N-methyl/N-ethyl adjacent to an activating group) is 1. The van der Waals surface area contributed by atoms with Crippen molar-refractivity contribution in [3.8, 4) is 0 Å². The lowest BCUT2D eigenvalue weighted by Gasteiger charge is -2.28. The first-order valence-corrected chi connectivity index (χ1v) is 11.6. The number of hydrogen-bond donors (Lipinski definition) is 1. The van der Waals surface area contributed by atoms with Crippen LogP contribution in [0.3, 0.4) is 0 Å². The Kier molecular flexibility index (Phi) is 8.17. The maximum atomic E-state index is 12.9. The van der Waals surface area contributed by atoms with E-state index >= 15 is 0 Å². The van der Waals surface area contributed by atoms with Gasteiger partial charge in [0.15, 0.2) is 6.04 Å². The Morgan fingerprint density at radius 2 is 2.10 bits per heavy atom. The Labute approximate surface area is 196 Å². The zero-order valence-electron chi connectivity index (χ0n) is 17.1. The highest BCUT2D eigenvalue weighted by Gasteiger charge is 2.42. The number of nitroso groups, excluding NO2 is 1. The second-order valence-corrected chi connectivity index (χ2v) is 8.72. The Hall–Kier alpha value is -2.29. The minimum absolute atomic E-state index is 0.116. The fraction of sp³-hybridized carbons (Fsp3) is 0.333. The number of nitrogens with two attached hydrogens (primary N) is 1. The molecule has 10 heteroatoms. The molecule has 0 radical (unpaired) electrons. The number of benzene rings is 1. The summed E-state index contributed by atoms with van der Waals surface area (Å²) in [5, 5.41) is 0. The van der Waals surface area contributed by atoms with Gasteiger partial charge in [0.2, 0.25) is 5.91 Å². The van der Waals surface area contributed by atoms with E-state index in [9.17, 15) is 9.70 Å². The molecule has 0 saturated carbocycles. The van der Waals surface area contributed by atoms with Gasteiger partial charge < -0.3 is 10.6 Å². The van der Waals surface area contributed by atoms with E-state index in [1.807, 2.05) is 42.3 Å². The van der Waals surface area contributed by atoms with E-state index in [4.69, 9.17) is 28.9 Å². The van der Waals surface area contributed by atoms with Crippen molar-refractivity contribution in [2.24, 2.45) is 10.7 Å². The lowest BCUT2D eigenvalue weighted by molar-refractivity contribution is -0.241. The molecular weight excluding hydrogens is 457 g/mol. The lowest BCUT2D eigenvalue weighted by Crippen LogP contribution is -2.32. The van der Waals surface area contributed by atoms with E-state index < -0.39 is 5.91 Å². The summed E-state index contributed by atoms with van der Waals surface area (Å²) in [6.07, 6.45) is 7.65. The quantitative estimate of drug-likeness (QED) is 0.252. The highest BCUT2D eigenvalue weighted by Crippen LogP contribution is 2.33. The third kappa shape index (κ3) is 5.90. The number of hydrogen-bond acceptors (Lipinski definition) is 6. The number of fused-ring (bicyclic) bond motifs is 1. The lowest BCUT2D eigenvalue weighted by atomic mass is 10.0. The van der Waals surface area contributed by atoms with E-state index in [2.05, 4.69) is 16.0 Å². The van der Waals surface area contributed by atoms with Gasteiger partial charge in [0.25, 0.3) is 0 Å². The van der Waals surface area contributed by atoms with Gasteiger partial charge in [0.05, 0.1) is 7.05 Å². The fourth-order valence-corrected chi connectivity index (χ4v) is 4.63. The minimum atomic E-state index is -0.523. The van der Waals surface area contributed by atoms with E-state index in [0.29, 0.717) is 37.2 Å². The van der Waals surface area contributed by atoms with Crippen LogP contribution in [0, 0.1) is 4.91 Å². The molecule has 164 valence electrons. The van der Waals surface area contributed by atoms with Crippen LogP contribution in [-0.4, -0.2) is 63.8 Å². The van der Waals surface area contributed by atoms with Crippen LogP contribution in [0.15, 0.2) is 63.8 Å². The van der Waals surface area contributed by atoms with E-state index in [1.54, 1.807) is 6.08 Å². The smallest absolute Gasteiger partial charge is 0.372 e. The highest BCUT2D eigenvalue weighted by atomic mass is 35.5. The number of guanidine groups is 1. The molecule has 0 bridgehead atoms. The fourth-order valence-electron chi connectivity index (χ4n) is 3.45. The highest BCUT2D eigenvalue weighted by molar-refractivity contribution is 7.93. The summed E-state index contributed by atoms with van der Waals surface area (Å²) >= 11 is 12.9. The number of rotatable bonds is 9. The zero-order valence-corrected chi connectivity index (χ0v) is 19.4. The number of aliphatic imine (C=N–C) groups is 1. The average molecular weight is 481 g/mol. The molecule has 1 amide bonds. The number of alkyl halides is 2. The summed E-state index contributed by atoms with van der Waals surface area (Å²) < 4.78 is 0.811. The SMILES string of the molecule is CN1C2=CC=C(N(CCCl)CCCl)CC2N=C1[N+](=O)Sc1cccc(C=CC(N)=O)c1. The average Bonchev–Trinajstić information content (AvgIpc) is 3.08. The number of nitrogens with zero attached hydrogens (tertiary/aromatic N) is 4. The Bertz CT molecular complexity index is 970. The summed E-state index contributed by atoms with van der Waals surface area (Å²) in [6.45, 7) is 1.43. The predicted molar refractivity (Wildman–Crippen MR) is 127 cm³/mol. The molecule has 1 aromatic carbocycles. The summed E-state index contributed by atoms with van der Waals surface area (Å²) in [5.41, 5.74) is 8.02. The Balaban J connectivity index is 1.71. The number of halogens is 2. The van der Waals surface area contributed by atoms with Gasteiger partial charge in [-0.1, -0.05) is 22.0 Å². The van der Waals surface area contributed by atoms with Gasteiger partial charge in [-0.2, -0.15) is 0 Å². The van der Waals surface area contributed by atoms with E-state index in [0.717, 1.165) is 38.0 Å². The van der Waals surface area contributed by atoms with Crippen LogP contribution in [0.25, 0.3) is 6.08 Å². The van der Waals surface area contributed by atoms with Crippen LogP contribution in [0.4, 0.5) is 0 Å². The molecule has 0 saturated heterocycles. The monoisotopic (exact) mass is 480 g/mol. The number of primary amides is 1. The minimum Gasteiger partial charge on any atom is -0.372 e. The van der Waals surface area contributed by atoms with Gasteiger partial charge >= 0.3 is 5.96 Å². The van der Waals surface area contributed by atoms with Gasteiger partial charge in [0.1, 0.15) is 17.6 Å². The number of amides is 1. The van der Waals surface area contributed by atoms with E-state index in [-0.39, 0.29) is 6.04 Å². The number of allylic oxidation sites excluding steroid dienone is 2. The van der Waals surface area contributed by atoms with Crippen LogP contribution in [-0.2, 0) is 4.79 Å². The van der Waals surface area contributed by atoms with E-state index in [1.165, 1.54) is 6.08 Å². The second-order valence-electron chi connectivity index (χ2n) is 6.98. The topological polar surface area (TPSA) is 82.0 Å². The first-order valence-electron chi connectivity index (χ1n) is 9.75. The van der Waals surface area contributed by atoms with Crippen molar-refractivity contribution in [2.45, 2.75) is 17.4 Å². The third-order valence-corrected chi connectivity index (χ3v) is 6.05. The van der Waals surface area contributed by atoms with Crippen LogP contribution in [0.2, 0.25) is 0 Å². The molecule has 31 heavy (non-hydrogen) atoms. The Morgan fingerprint density at radius 1 is 1.35 bits per heavy atom. The normalized spacial score (nSPS) is 17.8. The zero-order chi connectivity index (χ0) is 22.4. The van der Waals surface area contributed by atoms with Crippen LogP contribution in [0.1, 0.15) is 12.0 Å². The molecule has 1 heterocycles. The van der Waals surface area contributed by atoms with Gasteiger partial charge in [-0.25, -0.2) is 4.90 Å². The van der Waals surface area contributed by atoms with Crippen molar-refractivity contribution >= 4 is 53.1 Å². The van der Waals surface area contributed by atoms with Crippen molar-refractivity contribution in [3.05, 3.63) is 64.4 Å². The van der Waals surface area contributed by atoms with Crippen molar-refractivity contribution in [3.63, 3.8) is 0 Å². The molecule has 7 nitrogen and oxygen atoms in total. The van der Waals surface area contributed by atoms with Crippen molar-refractivity contribution in [1.29, 1.82) is 0 Å². The van der Waals surface area contributed by atoms with Gasteiger partial charge in [-0.05, 0) is 35.9 Å². The molecule has 2 N–H and O–H groups in total. The number of carbonyl (C=O) groups is 1. The third-order valence-electron chi connectivity index (χ3n) is 4.91. The van der Waals surface area contributed by atoms with Gasteiger partial charge in [-0.3, -0.25) is 4.79 Å². The molecule has 0 spiro atoms. The molecule has 1 aliphatic heterocycles. The summed E-state index contributed by atoms with van der Waals surface area (Å²) in [5.74, 6) is 0.852. The molecule has 2 aliphatic rings. The largest absolute Gasteiger partial charge is 0.442 e. The predicted octanol–water partition coefficient (Wildman–Crippen LogP) is 3.59. The number of carbonyl (C=O) groups excluding carboxylic acids is 1. The molecule has 1 unspecified atom stereocenters. The van der Waals surface area contributed by atoms with Gasteiger partial charge in [0, 0.05) is 52.1 Å². The molecule has 1 atom stereocenters.